The van der Waals surface area contributed by atoms with Crippen LogP contribution in [0.4, 0.5) is 4.39 Å². The smallest absolute Gasteiger partial charge is 0.123 e. The molecule has 1 aromatic rings. The van der Waals surface area contributed by atoms with Crippen molar-refractivity contribution in [2.75, 3.05) is 18.6 Å². The molecule has 102 valence electrons. The van der Waals surface area contributed by atoms with Gasteiger partial charge in [0.1, 0.15) is 5.82 Å². The lowest BCUT2D eigenvalue weighted by Crippen LogP contribution is -2.32. The van der Waals surface area contributed by atoms with Crippen LogP contribution in [0.15, 0.2) is 22.7 Å². The van der Waals surface area contributed by atoms with Crippen molar-refractivity contribution in [2.45, 2.75) is 32.2 Å². The molecular weight excluding hydrogens is 313 g/mol. The molecule has 1 unspecified atom stereocenters. The predicted molar refractivity (Wildman–Crippen MR) is 82.9 cm³/mol. The fraction of sp³-hybridized carbons (Fsp3) is 0.571. The van der Waals surface area contributed by atoms with E-state index in [0.29, 0.717) is 6.04 Å². The Kier molecular flexibility index (Phi) is 7.95. The van der Waals surface area contributed by atoms with Gasteiger partial charge in [0.2, 0.25) is 0 Å². The fourth-order valence-electron chi connectivity index (χ4n) is 1.85. The Bertz CT molecular complexity index is 352. The van der Waals surface area contributed by atoms with Crippen LogP contribution in [-0.4, -0.2) is 24.6 Å². The summed E-state index contributed by atoms with van der Waals surface area (Å²) in [4.78, 5) is 0. The average Bonchev–Trinajstić information content (AvgIpc) is 2.37. The van der Waals surface area contributed by atoms with E-state index in [2.05, 4.69) is 34.4 Å². The first kappa shape index (κ1) is 16.0. The second-order valence-corrected chi connectivity index (χ2v) is 6.21. The number of nitrogens with one attached hydrogen (secondary N) is 1. The highest BCUT2D eigenvalue weighted by Crippen LogP contribution is 2.20. The zero-order chi connectivity index (χ0) is 13.4. The Hall–Kier alpha value is -0.0600. The molecule has 0 aromatic heterocycles. The third-order valence-electron chi connectivity index (χ3n) is 2.83. The summed E-state index contributed by atoms with van der Waals surface area (Å²) in [6.45, 7) is 3.18. The van der Waals surface area contributed by atoms with Gasteiger partial charge in [-0.2, -0.15) is 11.8 Å². The average molecular weight is 334 g/mol. The molecule has 1 rings (SSSR count). The summed E-state index contributed by atoms with van der Waals surface area (Å²) in [7, 11) is 0. The molecule has 18 heavy (non-hydrogen) atoms. The molecule has 1 atom stereocenters. The molecule has 0 saturated heterocycles. The maximum atomic E-state index is 13.3. The van der Waals surface area contributed by atoms with E-state index in [1.54, 1.807) is 12.1 Å². The second kappa shape index (κ2) is 8.94. The Morgan fingerprint density at radius 1 is 1.44 bits per heavy atom. The lowest BCUT2D eigenvalue weighted by molar-refractivity contribution is 0.495. The Morgan fingerprint density at radius 2 is 2.22 bits per heavy atom. The minimum atomic E-state index is -0.160. The maximum absolute atomic E-state index is 13.3. The molecular formula is C14H21BrFNS. The summed E-state index contributed by atoms with van der Waals surface area (Å²) in [5.41, 5.74) is 1.05. The molecule has 0 heterocycles. The van der Waals surface area contributed by atoms with Crippen LogP contribution < -0.4 is 5.32 Å². The van der Waals surface area contributed by atoms with Gasteiger partial charge in [0.25, 0.3) is 0 Å². The van der Waals surface area contributed by atoms with Gasteiger partial charge in [-0.1, -0.05) is 22.9 Å². The summed E-state index contributed by atoms with van der Waals surface area (Å²) in [6.07, 6.45) is 5.23. The number of halogens is 2. The van der Waals surface area contributed by atoms with Gasteiger partial charge >= 0.3 is 0 Å². The van der Waals surface area contributed by atoms with Crippen molar-refractivity contribution in [3.05, 3.63) is 34.1 Å². The fourth-order valence-corrected chi connectivity index (χ4v) is 2.78. The Labute approximate surface area is 122 Å². The number of thioether (sulfide) groups is 1. The lowest BCUT2D eigenvalue weighted by atomic mass is 10.0. The molecule has 0 radical (unpaired) electrons. The third kappa shape index (κ3) is 5.72. The van der Waals surface area contributed by atoms with Gasteiger partial charge in [0.15, 0.2) is 0 Å². The van der Waals surface area contributed by atoms with Gasteiger partial charge < -0.3 is 5.32 Å². The summed E-state index contributed by atoms with van der Waals surface area (Å²) in [5, 5.41) is 3.54. The first-order chi connectivity index (χ1) is 8.67. The van der Waals surface area contributed by atoms with Crippen molar-refractivity contribution in [1.82, 2.24) is 5.32 Å². The van der Waals surface area contributed by atoms with Crippen molar-refractivity contribution >= 4 is 27.7 Å². The molecule has 0 saturated carbocycles. The molecule has 0 aliphatic carbocycles. The van der Waals surface area contributed by atoms with E-state index < -0.39 is 0 Å². The minimum Gasteiger partial charge on any atom is -0.314 e. The summed E-state index contributed by atoms with van der Waals surface area (Å²) in [5.74, 6) is 0.973. The van der Waals surface area contributed by atoms with Crippen LogP contribution in [-0.2, 0) is 6.42 Å². The molecule has 0 aliphatic rings. The van der Waals surface area contributed by atoms with E-state index in [4.69, 9.17) is 0 Å². The second-order valence-electron chi connectivity index (χ2n) is 4.37. The van der Waals surface area contributed by atoms with Crippen LogP contribution in [0.3, 0.4) is 0 Å². The minimum absolute atomic E-state index is 0.160. The molecule has 0 bridgehead atoms. The molecule has 1 N–H and O–H groups in total. The van der Waals surface area contributed by atoms with Crippen LogP contribution >= 0.6 is 27.7 Å². The van der Waals surface area contributed by atoms with Crippen molar-refractivity contribution in [3.63, 3.8) is 0 Å². The Balaban J connectivity index is 2.65. The highest BCUT2D eigenvalue weighted by molar-refractivity contribution is 9.10. The van der Waals surface area contributed by atoms with Gasteiger partial charge in [0.05, 0.1) is 0 Å². The van der Waals surface area contributed by atoms with E-state index in [0.717, 1.165) is 41.6 Å². The first-order valence-electron chi connectivity index (χ1n) is 6.33. The molecule has 0 fully saturated rings. The van der Waals surface area contributed by atoms with Crippen molar-refractivity contribution < 1.29 is 4.39 Å². The number of benzene rings is 1. The molecule has 0 aliphatic heterocycles. The molecule has 1 nitrogen and oxygen atoms in total. The number of rotatable bonds is 8. The van der Waals surface area contributed by atoms with Crippen LogP contribution in [0.1, 0.15) is 25.3 Å². The summed E-state index contributed by atoms with van der Waals surface area (Å²) < 4.78 is 14.3. The highest BCUT2D eigenvalue weighted by atomic mass is 79.9. The van der Waals surface area contributed by atoms with Crippen LogP contribution in [0.2, 0.25) is 0 Å². The van der Waals surface area contributed by atoms with Crippen molar-refractivity contribution in [2.24, 2.45) is 0 Å². The van der Waals surface area contributed by atoms with Gasteiger partial charge in [-0.25, -0.2) is 4.39 Å². The van der Waals surface area contributed by atoms with E-state index in [1.807, 2.05) is 11.8 Å². The Morgan fingerprint density at radius 3 is 2.89 bits per heavy atom. The zero-order valence-corrected chi connectivity index (χ0v) is 13.4. The van der Waals surface area contributed by atoms with E-state index in [9.17, 15) is 4.39 Å². The monoisotopic (exact) mass is 333 g/mol. The number of hydrogen-bond acceptors (Lipinski definition) is 2. The van der Waals surface area contributed by atoms with Gasteiger partial charge in [-0.05, 0) is 61.6 Å². The van der Waals surface area contributed by atoms with E-state index >= 15 is 0 Å². The molecule has 0 spiro atoms. The summed E-state index contributed by atoms with van der Waals surface area (Å²) >= 11 is 5.35. The number of hydrogen-bond donors (Lipinski definition) is 1. The van der Waals surface area contributed by atoms with Crippen molar-refractivity contribution in [1.29, 1.82) is 0 Å². The van der Waals surface area contributed by atoms with Gasteiger partial charge in [-0.15, -0.1) is 0 Å². The van der Waals surface area contributed by atoms with Crippen LogP contribution in [0.25, 0.3) is 0 Å². The quantitative estimate of drug-likeness (QED) is 0.763. The standard InChI is InChI=1S/C14H21BrFNS/c1-3-7-17-13(6-8-18-2)10-11-9-12(16)4-5-14(11)15/h4-5,9,13,17H,3,6-8,10H2,1-2H3. The summed E-state index contributed by atoms with van der Waals surface area (Å²) in [6, 6.07) is 5.33. The third-order valence-corrected chi connectivity index (χ3v) is 4.25. The SMILES string of the molecule is CCCNC(CCSC)Cc1cc(F)ccc1Br. The maximum Gasteiger partial charge on any atom is 0.123 e. The molecule has 1 aromatic carbocycles. The van der Waals surface area contributed by atoms with Gasteiger partial charge in [0, 0.05) is 10.5 Å². The van der Waals surface area contributed by atoms with Crippen LogP contribution in [0, 0.1) is 5.82 Å². The van der Waals surface area contributed by atoms with Crippen LogP contribution in [0.5, 0.6) is 0 Å². The normalized spacial score (nSPS) is 12.7. The molecule has 0 amide bonds. The van der Waals surface area contributed by atoms with Gasteiger partial charge in [-0.3, -0.25) is 0 Å². The largest absolute Gasteiger partial charge is 0.314 e. The molecule has 4 heteroatoms. The van der Waals surface area contributed by atoms with Crippen molar-refractivity contribution in [3.8, 4) is 0 Å². The van der Waals surface area contributed by atoms with E-state index in [1.165, 1.54) is 6.07 Å². The zero-order valence-electron chi connectivity index (χ0n) is 11.0. The first-order valence-corrected chi connectivity index (χ1v) is 8.52. The highest BCUT2D eigenvalue weighted by Gasteiger charge is 2.11. The topological polar surface area (TPSA) is 12.0 Å². The predicted octanol–water partition coefficient (Wildman–Crippen LogP) is 4.25. The van der Waals surface area contributed by atoms with E-state index in [-0.39, 0.29) is 5.82 Å². The lowest BCUT2D eigenvalue weighted by Gasteiger charge is -2.19.